The molecule has 0 fully saturated rings. The van der Waals surface area contributed by atoms with Gasteiger partial charge < -0.3 is 10.6 Å². The third-order valence-corrected chi connectivity index (χ3v) is 4.91. The van der Waals surface area contributed by atoms with Gasteiger partial charge in [0.15, 0.2) is 0 Å². The van der Waals surface area contributed by atoms with Crippen molar-refractivity contribution in [2.75, 3.05) is 10.6 Å². The van der Waals surface area contributed by atoms with Crippen molar-refractivity contribution in [2.45, 2.75) is 6.92 Å². The molecule has 3 rings (SSSR count). The molecule has 0 saturated carbocycles. The zero-order valence-corrected chi connectivity index (χ0v) is 19.3. The number of nitrogens with one attached hydrogen (secondary N) is 3. The predicted molar refractivity (Wildman–Crippen MR) is 134 cm³/mol. The Hall–Kier alpha value is -4.04. The van der Waals surface area contributed by atoms with E-state index in [1.165, 1.54) is 0 Å². The zero-order valence-electron chi connectivity index (χ0n) is 17.7. The molecular formula is C25H21BrN4O3. The molecule has 0 aromatic heterocycles. The Morgan fingerprint density at radius 2 is 1.48 bits per heavy atom. The quantitative estimate of drug-likeness (QED) is 0.254. The van der Waals surface area contributed by atoms with E-state index in [0.29, 0.717) is 11.4 Å². The first-order valence-electron chi connectivity index (χ1n) is 9.97. The van der Waals surface area contributed by atoms with Crippen molar-refractivity contribution in [3.05, 3.63) is 101 Å². The number of hydrogen-bond acceptors (Lipinski definition) is 4. The second-order valence-corrected chi connectivity index (χ2v) is 7.81. The number of carbonyl (C=O) groups excluding carboxylic acids is 3. The lowest BCUT2D eigenvalue weighted by Gasteiger charge is -2.11. The smallest absolute Gasteiger partial charge is 0.322 e. The number of hydrogen-bond donors (Lipinski definition) is 3. The molecule has 0 aliphatic rings. The molecule has 0 heterocycles. The molecule has 33 heavy (non-hydrogen) atoms. The first-order valence-corrected chi connectivity index (χ1v) is 10.8. The second kappa shape index (κ2) is 11.5. The molecule has 166 valence electrons. The van der Waals surface area contributed by atoms with E-state index in [1.54, 1.807) is 61.5 Å². The van der Waals surface area contributed by atoms with Gasteiger partial charge in [-0.3, -0.25) is 14.4 Å². The van der Waals surface area contributed by atoms with E-state index < -0.39 is 17.7 Å². The maximum atomic E-state index is 12.7. The van der Waals surface area contributed by atoms with Gasteiger partial charge in [-0.25, -0.2) is 5.43 Å². The minimum Gasteiger partial charge on any atom is -0.322 e. The summed E-state index contributed by atoms with van der Waals surface area (Å²) in [6.45, 7) is 1.69. The minimum atomic E-state index is -0.953. The summed E-state index contributed by atoms with van der Waals surface area (Å²) in [6, 6.07) is 23.1. The lowest BCUT2D eigenvalue weighted by molar-refractivity contribution is -0.136. The third kappa shape index (κ3) is 7.26. The first-order chi connectivity index (χ1) is 15.9. The van der Waals surface area contributed by atoms with Crippen molar-refractivity contribution in [1.29, 1.82) is 0 Å². The standard InChI is InChI=1S/C25H21BrN4O3/c1-17(11-12-18-7-3-2-4-8-18)29-30-25(33)24(32)28-22-10-6-5-9-21(22)23(31)27-20-15-13-19(26)14-16-20/h2-16H,1H3,(H,27,31)(H,28,32)(H,30,33)/b12-11+,29-17-. The van der Waals surface area contributed by atoms with Crippen LogP contribution in [0.2, 0.25) is 0 Å². The molecule has 3 N–H and O–H groups in total. The number of carbonyl (C=O) groups is 3. The van der Waals surface area contributed by atoms with Crippen molar-refractivity contribution in [3.8, 4) is 0 Å². The van der Waals surface area contributed by atoms with E-state index in [0.717, 1.165) is 10.0 Å². The van der Waals surface area contributed by atoms with E-state index in [-0.39, 0.29) is 11.3 Å². The van der Waals surface area contributed by atoms with E-state index in [4.69, 9.17) is 0 Å². The molecule has 3 amide bonds. The van der Waals surface area contributed by atoms with Gasteiger partial charge in [-0.05, 0) is 55.0 Å². The maximum absolute atomic E-state index is 12.7. The normalized spacial score (nSPS) is 11.2. The summed E-state index contributed by atoms with van der Waals surface area (Å²) in [7, 11) is 0. The second-order valence-electron chi connectivity index (χ2n) is 6.90. The molecule has 0 spiro atoms. The highest BCUT2D eigenvalue weighted by Gasteiger charge is 2.17. The molecule has 0 aliphatic carbocycles. The number of nitrogens with zero attached hydrogens (tertiary/aromatic N) is 1. The Balaban J connectivity index is 1.61. The number of allylic oxidation sites excluding steroid dienone is 1. The molecule has 8 heteroatoms. The highest BCUT2D eigenvalue weighted by molar-refractivity contribution is 9.10. The number of benzene rings is 3. The van der Waals surface area contributed by atoms with Gasteiger partial charge in [0.1, 0.15) is 0 Å². The fraction of sp³-hybridized carbons (Fsp3) is 0.0400. The van der Waals surface area contributed by atoms with Crippen molar-refractivity contribution < 1.29 is 14.4 Å². The molecule has 0 bridgehead atoms. The van der Waals surface area contributed by atoms with Crippen LogP contribution in [0, 0.1) is 0 Å². The highest BCUT2D eigenvalue weighted by Crippen LogP contribution is 2.19. The van der Waals surface area contributed by atoms with Crippen molar-refractivity contribution in [1.82, 2.24) is 5.43 Å². The highest BCUT2D eigenvalue weighted by atomic mass is 79.9. The van der Waals surface area contributed by atoms with Gasteiger partial charge in [0.2, 0.25) is 0 Å². The van der Waals surface area contributed by atoms with E-state index in [2.05, 4.69) is 37.1 Å². The van der Waals surface area contributed by atoms with Crippen molar-refractivity contribution >= 4 is 56.8 Å². The molecule has 0 radical (unpaired) electrons. The van der Waals surface area contributed by atoms with E-state index in [9.17, 15) is 14.4 Å². The number of hydrazone groups is 1. The third-order valence-electron chi connectivity index (χ3n) is 4.38. The fourth-order valence-corrected chi connectivity index (χ4v) is 2.97. The van der Waals surface area contributed by atoms with Gasteiger partial charge in [0.05, 0.1) is 17.0 Å². The SMILES string of the molecule is CC(/C=C/c1ccccc1)=N/NC(=O)C(=O)Nc1ccccc1C(=O)Nc1ccc(Br)cc1. The summed E-state index contributed by atoms with van der Waals surface area (Å²) in [5.74, 6) is -2.32. The van der Waals surface area contributed by atoms with E-state index in [1.807, 2.05) is 36.4 Å². The first kappa shape index (κ1) is 23.6. The summed E-state index contributed by atoms with van der Waals surface area (Å²) in [6.07, 6.45) is 3.56. The molecule has 3 aromatic rings. The summed E-state index contributed by atoms with van der Waals surface area (Å²) in [4.78, 5) is 37.2. The Morgan fingerprint density at radius 3 is 2.21 bits per heavy atom. The van der Waals surface area contributed by atoms with Gasteiger partial charge in [-0.2, -0.15) is 5.10 Å². The van der Waals surface area contributed by atoms with Crippen LogP contribution in [0.1, 0.15) is 22.8 Å². The van der Waals surface area contributed by atoms with Crippen LogP contribution in [-0.2, 0) is 9.59 Å². The lowest BCUT2D eigenvalue weighted by Crippen LogP contribution is -2.33. The van der Waals surface area contributed by atoms with Crippen LogP contribution in [0.4, 0.5) is 11.4 Å². The fourth-order valence-electron chi connectivity index (χ4n) is 2.71. The molecule has 3 aromatic carbocycles. The maximum Gasteiger partial charge on any atom is 0.329 e. The topological polar surface area (TPSA) is 99.7 Å². The number of halogens is 1. The van der Waals surface area contributed by atoms with Crippen LogP contribution >= 0.6 is 15.9 Å². The number of rotatable bonds is 6. The van der Waals surface area contributed by atoms with Crippen molar-refractivity contribution in [3.63, 3.8) is 0 Å². The Labute approximate surface area is 199 Å². The Bertz CT molecular complexity index is 1210. The van der Waals surface area contributed by atoms with Gasteiger partial charge in [0, 0.05) is 10.2 Å². The molecule has 0 aliphatic heterocycles. The zero-order chi connectivity index (χ0) is 23.6. The average Bonchev–Trinajstić information content (AvgIpc) is 2.83. The Kier molecular flexibility index (Phi) is 8.26. The summed E-state index contributed by atoms with van der Waals surface area (Å²) in [5.41, 5.74) is 4.72. The lowest BCUT2D eigenvalue weighted by atomic mass is 10.1. The van der Waals surface area contributed by atoms with Crippen LogP contribution in [0.5, 0.6) is 0 Å². The molecular weight excluding hydrogens is 484 g/mol. The molecule has 0 saturated heterocycles. The average molecular weight is 505 g/mol. The van der Waals surface area contributed by atoms with Crippen LogP contribution in [0.3, 0.4) is 0 Å². The summed E-state index contributed by atoms with van der Waals surface area (Å²) in [5, 5.41) is 9.12. The summed E-state index contributed by atoms with van der Waals surface area (Å²) < 4.78 is 0.882. The summed E-state index contributed by atoms with van der Waals surface area (Å²) >= 11 is 3.34. The van der Waals surface area contributed by atoms with Crippen LogP contribution in [0.25, 0.3) is 6.08 Å². The largest absolute Gasteiger partial charge is 0.329 e. The number of para-hydroxylation sites is 1. The molecule has 0 unspecified atom stereocenters. The van der Waals surface area contributed by atoms with Gasteiger partial charge in [-0.15, -0.1) is 0 Å². The van der Waals surface area contributed by atoms with Gasteiger partial charge >= 0.3 is 11.8 Å². The van der Waals surface area contributed by atoms with Crippen LogP contribution in [0.15, 0.2) is 94.5 Å². The van der Waals surface area contributed by atoms with Gasteiger partial charge in [-0.1, -0.05) is 64.5 Å². The monoisotopic (exact) mass is 504 g/mol. The molecule has 0 atom stereocenters. The van der Waals surface area contributed by atoms with Crippen LogP contribution < -0.4 is 16.1 Å². The van der Waals surface area contributed by atoms with Crippen molar-refractivity contribution in [2.24, 2.45) is 5.10 Å². The minimum absolute atomic E-state index is 0.205. The number of amides is 3. The number of anilines is 2. The Morgan fingerprint density at radius 1 is 0.818 bits per heavy atom. The van der Waals surface area contributed by atoms with E-state index >= 15 is 0 Å². The van der Waals surface area contributed by atoms with Gasteiger partial charge in [0.25, 0.3) is 5.91 Å². The predicted octanol–water partition coefficient (Wildman–Crippen LogP) is 4.85. The van der Waals surface area contributed by atoms with Crippen LogP contribution in [-0.4, -0.2) is 23.4 Å². The molecule has 7 nitrogen and oxygen atoms in total.